The number of halogens is 1. The molecule has 1 N–H and O–H groups in total. The summed E-state index contributed by atoms with van der Waals surface area (Å²) in [6.07, 6.45) is 2.38. The Balaban J connectivity index is 1.97. The predicted molar refractivity (Wildman–Crippen MR) is 98.5 cm³/mol. The van der Waals surface area contributed by atoms with Crippen molar-refractivity contribution >= 4 is 46.1 Å². The van der Waals surface area contributed by atoms with Crippen molar-refractivity contribution in [2.24, 2.45) is 0 Å². The Hall–Kier alpha value is 0.610. The summed E-state index contributed by atoms with van der Waals surface area (Å²) in [6, 6.07) is 9.62. The van der Waals surface area contributed by atoms with Gasteiger partial charge in [-0.15, -0.1) is 0 Å². The smallest absolute Gasteiger partial charge is 0.0295 e. The van der Waals surface area contributed by atoms with E-state index < -0.39 is 0 Å². The first-order valence-corrected chi connectivity index (χ1v) is 10.2. The summed E-state index contributed by atoms with van der Waals surface area (Å²) in [4.78, 5) is 0. The molecule has 0 aliphatic carbocycles. The van der Waals surface area contributed by atoms with Crippen LogP contribution in [0.25, 0.3) is 0 Å². The molecule has 0 aromatic heterocycles. The molecule has 1 nitrogen and oxygen atoms in total. The van der Waals surface area contributed by atoms with Crippen molar-refractivity contribution in [3.63, 3.8) is 0 Å². The van der Waals surface area contributed by atoms with Gasteiger partial charge >= 0.3 is 0 Å². The van der Waals surface area contributed by atoms with Crippen LogP contribution in [0.2, 0.25) is 0 Å². The minimum absolute atomic E-state index is 0.623. The largest absolute Gasteiger partial charge is 0.313 e. The molecule has 1 aliphatic rings. The van der Waals surface area contributed by atoms with Gasteiger partial charge in [0, 0.05) is 32.1 Å². The fourth-order valence-corrected chi connectivity index (χ4v) is 5.53. The third-order valence-corrected chi connectivity index (χ3v) is 6.96. The van der Waals surface area contributed by atoms with E-state index in [4.69, 9.17) is 0 Å². The van der Waals surface area contributed by atoms with Crippen molar-refractivity contribution in [1.82, 2.24) is 5.32 Å². The zero-order chi connectivity index (χ0) is 13.5. The lowest BCUT2D eigenvalue weighted by Gasteiger charge is -2.30. The van der Waals surface area contributed by atoms with Gasteiger partial charge in [0.15, 0.2) is 0 Å². The van der Waals surface area contributed by atoms with Crippen molar-refractivity contribution < 1.29 is 0 Å². The molecule has 1 aromatic carbocycles. The summed E-state index contributed by atoms with van der Waals surface area (Å²) >= 11 is 6.65. The highest BCUT2D eigenvalue weighted by molar-refractivity contribution is 14.1. The molecule has 4 heteroatoms. The molecule has 0 radical (unpaired) electrons. The predicted octanol–water partition coefficient (Wildman–Crippen LogP) is 4.05. The molecule has 1 aliphatic heterocycles. The topological polar surface area (TPSA) is 12.0 Å². The summed E-state index contributed by atoms with van der Waals surface area (Å²) in [5, 5.41) is 4.53. The Labute approximate surface area is 139 Å². The van der Waals surface area contributed by atoms with Crippen LogP contribution < -0.4 is 5.32 Å². The fourth-order valence-electron chi connectivity index (χ4n) is 2.28. The lowest BCUT2D eigenvalue weighted by Crippen LogP contribution is -2.43. The zero-order valence-electron chi connectivity index (χ0n) is 11.4. The van der Waals surface area contributed by atoms with Crippen LogP contribution in [0.5, 0.6) is 0 Å². The summed E-state index contributed by atoms with van der Waals surface area (Å²) < 4.78 is 1.32. The first-order chi connectivity index (χ1) is 9.29. The molecule has 106 valence electrons. The number of hydrogen-bond acceptors (Lipinski definition) is 3. The average Bonchev–Trinajstić information content (AvgIpc) is 2.46. The van der Waals surface area contributed by atoms with Crippen molar-refractivity contribution in [2.45, 2.75) is 31.1 Å². The van der Waals surface area contributed by atoms with Crippen LogP contribution in [-0.4, -0.2) is 35.1 Å². The van der Waals surface area contributed by atoms with Crippen LogP contribution in [0.3, 0.4) is 0 Å². The van der Waals surface area contributed by atoms with Gasteiger partial charge in [-0.05, 0) is 59.7 Å². The molecule has 0 bridgehead atoms. The maximum atomic E-state index is 3.77. The van der Waals surface area contributed by atoms with E-state index in [1.807, 2.05) is 0 Å². The molecular weight excluding hydrogens is 385 g/mol. The van der Waals surface area contributed by atoms with Gasteiger partial charge in [-0.2, -0.15) is 23.5 Å². The Bertz CT molecular complexity index is 363. The van der Waals surface area contributed by atoms with Crippen LogP contribution >= 0.6 is 46.1 Å². The fraction of sp³-hybridized carbons (Fsp3) is 0.600. The minimum atomic E-state index is 0.623. The highest BCUT2D eigenvalue weighted by atomic mass is 127. The van der Waals surface area contributed by atoms with Gasteiger partial charge in [0.1, 0.15) is 0 Å². The average molecular weight is 407 g/mol. The van der Waals surface area contributed by atoms with E-state index in [1.165, 1.54) is 32.8 Å². The molecule has 0 amide bonds. The van der Waals surface area contributed by atoms with E-state index >= 15 is 0 Å². The number of hydrogen-bond donors (Lipinski definition) is 1. The van der Waals surface area contributed by atoms with E-state index in [0.717, 1.165) is 18.2 Å². The lowest BCUT2D eigenvalue weighted by molar-refractivity contribution is 0.506. The molecule has 0 saturated carbocycles. The van der Waals surface area contributed by atoms with Crippen LogP contribution in [0, 0.1) is 3.57 Å². The second kappa shape index (κ2) is 8.80. The van der Waals surface area contributed by atoms with Crippen LogP contribution in [0.4, 0.5) is 0 Å². The second-order valence-corrected chi connectivity index (χ2v) is 8.62. The Morgan fingerprint density at radius 1 is 1.32 bits per heavy atom. The van der Waals surface area contributed by atoms with Gasteiger partial charge in [0.2, 0.25) is 0 Å². The van der Waals surface area contributed by atoms with E-state index in [9.17, 15) is 0 Å². The maximum absolute atomic E-state index is 3.77. The first-order valence-electron chi connectivity index (χ1n) is 6.96. The van der Waals surface area contributed by atoms with E-state index in [0.29, 0.717) is 6.04 Å². The second-order valence-electron chi connectivity index (χ2n) is 4.88. The maximum Gasteiger partial charge on any atom is 0.0295 e. The van der Waals surface area contributed by atoms with Crippen molar-refractivity contribution in [3.8, 4) is 0 Å². The van der Waals surface area contributed by atoms with E-state index in [1.54, 1.807) is 0 Å². The molecule has 2 rings (SSSR count). The SMILES string of the molecule is CCCNC(Cc1ccc(I)cc1)C1CSCCS1. The van der Waals surface area contributed by atoms with Gasteiger partial charge in [0.25, 0.3) is 0 Å². The van der Waals surface area contributed by atoms with Crippen LogP contribution in [0.1, 0.15) is 18.9 Å². The summed E-state index contributed by atoms with van der Waals surface area (Å²) in [5.41, 5.74) is 1.46. The first kappa shape index (κ1) is 16.0. The van der Waals surface area contributed by atoms with Gasteiger partial charge in [0.05, 0.1) is 0 Å². The minimum Gasteiger partial charge on any atom is -0.313 e. The van der Waals surface area contributed by atoms with Gasteiger partial charge in [-0.1, -0.05) is 19.1 Å². The lowest BCUT2D eigenvalue weighted by atomic mass is 10.0. The van der Waals surface area contributed by atoms with Crippen molar-refractivity contribution in [2.75, 3.05) is 23.8 Å². The van der Waals surface area contributed by atoms with Crippen molar-refractivity contribution in [1.29, 1.82) is 0 Å². The van der Waals surface area contributed by atoms with E-state index in [2.05, 4.69) is 82.6 Å². The Morgan fingerprint density at radius 3 is 2.74 bits per heavy atom. The summed E-state index contributed by atoms with van der Waals surface area (Å²) in [7, 11) is 0. The summed E-state index contributed by atoms with van der Waals surface area (Å²) in [6.45, 7) is 3.38. The molecule has 0 spiro atoms. The monoisotopic (exact) mass is 407 g/mol. The molecule has 1 aromatic rings. The zero-order valence-corrected chi connectivity index (χ0v) is 15.2. The Kier molecular flexibility index (Phi) is 7.40. The molecule has 1 saturated heterocycles. The highest BCUT2D eigenvalue weighted by Gasteiger charge is 2.24. The number of benzene rings is 1. The quantitative estimate of drug-likeness (QED) is 0.715. The van der Waals surface area contributed by atoms with Crippen molar-refractivity contribution in [3.05, 3.63) is 33.4 Å². The number of rotatable bonds is 6. The molecule has 2 atom stereocenters. The molecule has 1 fully saturated rings. The van der Waals surface area contributed by atoms with E-state index in [-0.39, 0.29) is 0 Å². The van der Waals surface area contributed by atoms with Gasteiger partial charge in [-0.3, -0.25) is 0 Å². The van der Waals surface area contributed by atoms with Crippen LogP contribution in [-0.2, 0) is 6.42 Å². The highest BCUT2D eigenvalue weighted by Crippen LogP contribution is 2.28. The van der Waals surface area contributed by atoms with Crippen LogP contribution in [0.15, 0.2) is 24.3 Å². The number of nitrogens with one attached hydrogen (secondary N) is 1. The molecule has 1 heterocycles. The third-order valence-electron chi connectivity index (χ3n) is 3.32. The molecular formula is C15H22INS2. The number of thioether (sulfide) groups is 2. The Morgan fingerprint density at radius 2 is 2.11 bits per heavy atom. The summed E-state index contributed by atoms with van der Waals surface area (Å²) in [5.74, 6) is 3.94. The van der Waals surface area contributed by atoms with Gasteiger partial charge in [-0.25, -0.2) is 0 Å². The molecule has 2 unspecified atom stereocenters. The van der Waals surface area contributed by atoms with Gasteiger partial charge < -0.3 is 5.32 Å². The normalized spacial score (nSPS) is 21.3. The third kappa shape index (κ3) is 5.48. The molecule has 19 heavy (non-hydrogen) atoms. The standard InChI is InChI=1S/C15H22INS2/c1-2-7-17-14(15-11-18-8-9-19-15)10-12-3-5-13(16)6-4-12/h3-6,14-15,17H,2,7-11H2,1H3.